The van der Waals surface area contributed by atoms with Crippen LogP contribution in [-0.2, 0) is 10.0 Å². The van der Waals surface area contributed by atoms with Gasteiger partial charge in [0.1, 0.15) is 0 Å². The Morgan fingerprint density at radius 1 is 1.44 bits per heavy atom. The lowest BCUT2D eigenvalue weighted by atomic mass is 9.71. The Kier molecular flexibility index (Phi) is 3.71. The van der Waals surface area contributed by atoms with E-state index in [0.29, 0.717) is 16.7 Å². The van der Waals surface area contributed by atoms with Crippen molar-refractivity contribution in [3.05, 3.63) is 22.7 Å². The van der Waals surface area contributed by atoms with Crippen LogP contribution in [0.3, 0.4) is 0 Å². The molecule has 1 aliphatic rings. The summed E-state index contributed by atoms with van der Waals surface area (Å²) >= 11 is 3.24. The second-order valence-corrected chi connectivity index (χ2v) is 7.79. The van der Waals surface area contributed by atoms with Crippen LogP contribution in [0, 0.1) is 5.41 Å². The number of rotatable bonds is 4. The number of hydrogen-bond acceptors (Lipinski definition) is 3. The van der Waals surface area contributed by atoms with Crippen LogP contribution in [0.1, 0.15) is 26.2 Å². The lowest BCUT2D eigenvalue weighted by molar-refractivity contribution is 0.166. The van der Waals surface area contributed by atoms with E-state index >= 15 is 0 Å². The third-order valence-electron chi connectivity index (χ3n) is 3.53. The Morgan fingerprint density at radius 2 is 2.11 bits per heavy atom. The Morgan fingerprint density at radius 3 is 2.61 bits per heavy atom. The number of nitrogen functional groups attached to an aromatic ring is 1. The lowest BCUT2D eigenvalue weighted by Gasteiger charge is -2.38. The highest BCUT2D eigenvalue weighted by Gasteiger charge is 2.33. The summed E-state index contributed by atoms with van der Waals surface area (Å²) in [7, 11) is -3.44. The summed E-state index contributed by atoms with van der Waals surface area (Å²) in [6, 6.07) is 4.63. The molecule has 2 rings (SSSR count). The number of benzene rings is 1. The number of halogens is 1. The SMILES string of the molecule is CC1(CNS(=O)(=O)c2ccc(N)c(Br)c2)CCC1. The molecule has 0 radical (unpaired) electrons. The summed E-state index contributed by atoms with van der Waals surface area (Å²) in [5, 5.41) is 0. The van der Waals surface area contributed by atoms with E-state index in [1.165, 1.54) is 18.6 Å². The number of nitrogens with one attached hydrogen (secondary N) is 1. The molecule has 0 saturated heterocycles. The van der Waals surface area contributed by atoms with E-state index in [-0.39, 0.29) is 10.3 Å². The molecule has 4 nitrogen and oxygen atoms in total. The normalized spacial score (nSPS) is 18.3. The van der Waals surface area contributed by atoms with Crippen LogP contribution in [0.4, 0.5) is 5.69 Å². The third-order valence-corrected chi connectivity index (χ3v) is 5.62. The van der Waals surface area contributed by atoms with Crippen molar-refractivity contribution in [3.63, 3.8) is 0 Å². The van der Waals surface area contributed by atoms with Gasteiger partial charge in [0.15, 0.2) is 0 Å². The molecule has 18 heavy (non-hydrogen) atoms. The van der Waals surface area contributed by atoms with Gasteiger partial charge in [0, 0.05) is 16.7 Å². The predicted octanol–water partition coefficient (Wildman–Crippen LogP) is 2.50. The van der Waals surface area contributed by atoms with Gasteiger partial charge in [-0.25, -0.2) is 13.1 Å². The molecule has 0 atom stereocenters. The third kappa shape index (κ3) is 2.87. The maximum Gasteiger partial charge on any atom is 0.240 e. The summed E-state index contributed by atoms with van der Waals surface area (Å²) in [4.78, 5) is 0.242. The Labute approximate surface area is 116 Å². The molecular formula is C12H17BrN2O2S. The standard InChI is InChI=1S/C12H17BrN2O2S/c1-12(5-2-6-12)8-15-18(16,17)9-3-4-11(14)10(13)7-9/h3-4,7,15H,2,5-6,8,14H2,1H3. The first-order valence-electron chi connectivity index (χ1n) is 5.87. The molecule has 100 valence electrons. The first-order chi connectivity index (χ1) is 8.32. The van der Waals surface area contributed by atoms with Crippen molar-refractivity contribution in [1.29, 1.82) is 0 Å². The molecule has 0 aliphatic heterocycles. The lowest BCUT2D eigenvalue weighted by Crippen LogP contribution is -2.39. The molecule has 6 heteroatoms. The molecule has 0 aromatic heterocycles. The molecule has 3 N–H and O–H groups in total. The minimum Gasteiger partial charge on any atom is -0.398 e. The highest BCUT2D eigenvalue weighted by molar-refractivity contribution is 9.10. The smallest absolute Gasteiger partial charge is 0.240 e. The largest absolute Gasteiger partial charge is 0.398 e. The highest BCUT2D eigenvalue weighted by Crippen LogP contribution is 2.39. The van der Waals surface area contributed by atoms with E-state index in [1.807, 2.05) is 0 Å². The first kappa shape index (κ1) is 13.8. The van der Waals surface area contributed by atoms with Gasteiger partial charge in [-0.3, -0.25) is 0 Å². The minimum absolute atomic E-state index is 0.123. The molecule has 0 bridgehead atoms. The quantitative estimate of drug-likeness (QED) is 0.832. The van der Waals surface area contributed by atoms with Gasteiger partial charge in [0.25, 0.3) is 0 Å². The van der Waals surface area contributed by atoms with Crippen molar-refractivity contribution in [2.45, 2.75) is 31.1 Å². The zero-order valence-electron chi connectivity index (χ0n) is 10.2. The summed E-state index contributed by atoms with van der Waals surface area (Å²) in [5.41, 5.74) is 6.29. The maximum absolute atomic E-state index is 12.1. The van der Waals surface area contributed by atoms with Crippen LogP contribution in [0.5, 0.6) is 0 Å². The number of sulfonamides is 1. The van der Waals surface area contributed by atoms with Crippen LogP contribution >= 0.6 is 15.9 Å². The average molecular weight is 333 g/mol. The van der Waals surface area contributed by atoms with Crippen molar-refractivity contribution >= 4 is 31.6 Å². The average Bonchev–Trinajstić information content (AvgIpc) is 2.27. The summed E-state index contributed by atoms with van der Waals surface area (Å²) in [6.07, 6.45) is 3.35. The Balaban J connectivity index is 2.12. The van der Waals surface area contributed by atoms with Crippen LogP contribution in [0.25, 0.3) is 0 Å². The van der Waals surface area contributed by atoms with Gasteiger partial charge < -0.3 is 5.73 Å². The number of hydrogen-bond donors (Lipinski definition) is 2. The van der Waals surface area contributed by atoms with E-state index < -0.39 is 10.0 Å². The molecule has 1 fully saturated rings. The number of anilines is 1. The molecule has 1 aromatic carbocycles. The van der Waals surface area contributed by atoms with Crippen molar-refractivity contribution in [2.24, 2.45) is 5.41 Å². The monoisotopic (exact) mass is 332 g/mol. The van der Waals surface area contributed by atoms with Crippen molar-refractivity contribution < 1.29 is 8.42 Å². The van der Waals surface area contributed by atoms with Gasteiger partial charge in [-0.05, 0) is 52.4 Å². The van der Waals surface area contributed by atoms with Crippen LogP contribution < -0.4 is 10.5 Å². The van der Waals surface area contributed by atoms with E-state index in [9.17, 15) is 8.42 Å². The molecular weight excluding hydrogens is 316 g/mol. The van der Waals surface area contributed by atoms with Crippen LogP contribution in [-0.4, -0.2) is 15.0 Å². The molecule has 1 saturated carbocycles. The number of nitrogens with two attached hydrogens (primary N) is 1. The topological polar surface area (TPSA) is 72.2 Å². The van der Waals surface area contributed by atoms with E-state index in [1.54, 1.807) is 6.07 Å². The van der Waals surface area contributed by atoms with E-state index in [2.05, 4.69) is 27.6 Å². The van der Waals surface area contributed by atoms with Crippen molar-refractivity contribution in [2.75, 3.05) is 12.3 Å². The zero-order valence-corrected chi connectivity index (χ0v) is 12.6. The van der Waals surface area contributed by atoms with Gasteiger partial charge in [-0.2, -0.15) is 0 Å². The second kappa shape index (κ2) is 4.83. The van der Waals surface area contributed by atoms with Crippen LogP contribution in [0.2, 0.25) is 0 Å². The molecule has 1 aliphatic carbocycles. The summed E-state index contributed by atoms with van der Waals surface area (Å²) < 4.78 is 27.5. The van der Waals surface area contributed by atoms with Gasteiger partial charge in [0.2, 0.25) is 10.0 Å². The van der Waals surface area contributed by atoms with Gasteiger partial charge >= 0.3 is 0 Å². The first-order valence-corrected chi connectivity index (χ1v) is 8.15. The Bertz CT molecular complexity index is 553. The highest BCUT2D eigenvalue weighted by atomic mass is 79.9. The molecule has 0 unspecified atom stereocenters. The molecule has 1 aromatic rings. The minimum atomic E-state index is -3.44. The van der Waals surface area contributed by atoms with E-state index in [0.717, 1.165) is 12.8 Å². The zero-order chi connectivity index (χ0) is 13.4. The predicted molar refractivity (Wildman–Crippen MR) is 75.7 cm³/mol. The van der Waals surface area contributed by atoms with Crippen molar-refractivity contribution in [3.8, 4) is 0 Å². The summed E-state index contributed by atoms with van der Waals surface area (Å²) in [6.45, 7) is 2.61. The van der Waals surface area contributed by atoms with E-state index in [4.69, 9.17) is 5.73 Å². The van der Waals surface area contributed by atoms with Gasteiger partial charge in [-0.1, -0.05) is 13.3 Å². The Hall–Kier alpha value is -0.590. The molecule has 0 heterocycles. The fourth-order valence-corrected chi connectivity index (χ4v) is 3.74. The van der Waals surface area contributed by atoms with Crippen molar-refractivity contribution in [1.82, 2.24) is 4.72 Å². The fourth-order valence-electron chi connectivity index (χ4n) is 1.98. The second-order valence-electron chi connectivity index (χ2n) is 5.17. The van der Waals surface area contributed by atoms with Gasteiger partial charge in [-0.15, -0.1) is 0 Å². The fraction of sp³-hybridized carbons (Fsp3) is 0.500. The molecule has 0 spiro atoms. The maximum atomic E-state index is 12.1. The molecule has 0 amide bonds. The van der Waals surface area contributed by atoms with Gasteiger partial charge in [0.05, 0.1) is 4.90 Å². The summed E-state index contributed by atoms with van der Waals surface area (Å²) in [5.74, 6) is 0. The van der Waals surface area contributed by atoms with Crippen LogP contribution in [0.15, 0.2) is 27.6 Å².